The van der Waals surface area contributed by atoms with Crippen LogP contribution >= 0.6 is 0 Å². The van der Waals surface area contributed by atoms with Crippen LogP contribution in [0.3, 0.4) is 0 Å². The third-order valence-corrected chi connectivity index (χ3v) is 3.50. The van der Waals surface area contributed by atoms with E-state index in [9.17, 15) is 4.39 Å². The van der Waals surface area contributed by atoms with Gasteiger partial charge in [0.15, 0.2) is 0 Å². The number of hydrogen-bond donors (Lipinski definition) is 1. The number of benzene rings is 1. The Bertz CT molecular complexity index is 413. The van der Waals surface area contributed by atoms with E-state index in [1.165, 1.54) is 6.07 Å². The van der Waals surface area contributed by atoms with Gasteiger partial charge in [-0.2, -0.15) is 0 Å². The summed E-state index contributed by atoms with van der Waals surface area (Å²) < 4.78 is 14.0. The number of halogens is 1. The number of rotatable bonds is 2. The Morgan fingerprint density at radius 3 is 2.65 bits per heavy atom. The van der Waals surface area contributed by atoms with Crippen molar-refractivity contribution in [3.8, 4) is 0 Å². The molecule has 0 spiro atoms. The number of nitrogens with zero attached hydrogens (tertiary/aromatic N) is 1. The lowest BCUT2D eigenvalue weighted by Gasteiger charge is -2.25. The summed E-state index contributed by atoms with van der Waals surface area (Å²) in [6, 6.07) is 5.05. The van der Waals surface area contributed by atoms with Gasteiger partial charge in [0.25, 0.3) is 0 Å². The maximum atomic E-state index is 14.0. The van der Waals surface area contributed by atoms with E-state index in [1.54, 1.807) is 6.07 Å². The Morgan fingerprint density at radius 2 is 2.12 bits per heavy atom. The molecule has 2 N–H and O–H groups in total. The Kier molecular flexibility index (Phi) is 3.13. The average molecular weight is 236 g/mol. The van der Waals surface area contributed by atoms with Crippen molar-refractivity contribution >= 4 is 5.69 Å². The molecule has 1 saturated heterocycles. The van der Waals surface area contributed by atoms with Crippen molar-refractivity contribution in [1.29, 1.82) is 0 Å². The van der Waals surface area contributed by atoms with Crippen molar-refractivity contribution in [3.05, 3.63) is 29.6 Å². The van der Waals surface area contributed by atoms with Gasteiger partial charge < -0.3 is 10.6 Å². The maximum Gasteiger partial charge on any atom is 0.146 e. The second kappa shape index (κ2) is 4.30. The van der Waals surface area contributed by atoms with Crippen LogP contribution in [-0.2, 0) is 0 Å². The number of para-hydroxylation sites is 1. The van der Waals surface area contributed by atoms with E-state index < -0.39 is 0 Å². The van der Waals surface area contributed by atoms with E-state index in [4.69, 9.17) is 5.73 Å². The standard InChI is InChI=1S/C14H21FN2/c1-10(16)11-5-4-6-12(15)13(11)17-8-7-14(2,3)9-17/h4-6,10H,7-9,16H2,1-3H3. The summed E-state index contributed by atoms with van der Waals surface area (Å²) in [6.07, 6.45) is 1.10. The fourth-order valence-electron chi connectivity index (χ4n) is 2.54. The van der Waals surface area contributed by atoms with Gasteiger partial charge >= 0.3 is 0 Å². The predicted molar refractivity (Wildman–Crippen MR) is 69.6 cm³/mol. The Hall–Kier alpha value is -1.09. The molecule has 1 atom stereocenters. The van der Waals surface area contributed by atoms with Crippen LogP contribution in [0.25, 0.3) is 0 Å². The maximum absolute atomic E-state index is 14.0. The number of anilines is 1. The molecule has 1 aliphatic rings. The van der Waals surface area contributed by atoms with Gasteiger partial charge in [-0.15, -0.1) is 0 Å². The van der Waals surface area contributed by atoms with Crippen LogP contribution in [0, 0.1) is 11.2 Å². The normalized spacial score (nSPS) is 20.6. The summed E-state index contributed by atoms with van der Waals surface area (Å²) in [5.74, 6) is -0.155. The molecule has 1 heterocycles. The van der Waals surface area contributed by atoms with Gasteiger partial charge in [0.2, 0.25) is 0 Å². The van der Waals surface area contributed by atoms with Crippen LogP contribution in [0.2, 0.25) is 0 Å². The van der Waals surface area contributed by atoms with Gasteiger partial charge in [-0.1, -0.05) is 26.0 Å². The zero-order chi connectivity index (χ0) is 12.6. The molecule has 0 bridgehead atoms. The summed E-state index contributed by atoms with van der Waals surface area (Å²) in [5, 5.41) is 0. The van der Waals surface area contributed by atoms with Crippen LogP contribution < -0.4 is 10.6 Å². The first-order valence-corrected chi connectivity index (χ1v) is 6.20. The highest BCUT2D eigenvalue weighted by Crippen LogP contribution is 2.36. The summed E-state index contributed by atoms with van der Waals surface area (Å²) >= 11 is 0. The minimum absolute atomic E-state index is 0.135. The van der Waals surface area contributed by atoms with Crippen molar-refractivity contribution < 1.29 is 4.39 Å². The van der Waals surface area contributed by atoms with Gasteiger partial charge in [-0.3, -0.25) is 0 Å². The van der Waals surface area contributed by atoms with E-state index in [0.29, 0.717) is 5.69 Å². The lowest BCUT2D eigenvalue weighted by atomic mass is 9.93. The molecule has 1 unspecified atom stereocenters. The molecule has 0 aromatic heterocycles. The van der Waals surface area contributed by atoms with Crippen LogP contribution in [0.15, 0.2) is 18.2 Å². The third kappa shape index (κ3) is 2.44. The quantitative estimate of drug-likeness (QED) is 0.855. The van der Waals surface area contributed by atoms with Crippen LogP contribution in [0.5, 0.6) is 0 Å². The fraction of sp³-hybridized carbons (Fsp3) is 0.571. The minimum atomic E-state index is -0.155. The minimum Gasteiger partial charge on any atom is -0.368 e. The molecular formula is C14H21FN2. The van der Waals surface area contributed by atoms with Crippen molar-refractivity contribution in [2.24, 2.45) is 11.1 Å². The summed E-state index contributed by atoms with van der Waals surface area (Å²) in [4.78, 5) is 2.13. The van der Waals surface area contributed by atoms with E-state index in [0.717, 1.165) is 25.1 Å². The lowest BCUT2D eigenvalue weighted by Crippen LogP contribution is -2.26. The Balaban J connectivity index is 2.38. The molecule has 0 saturated carbocycles. The largest absolute Gasteiger partial charge is 0.368 e. The Morgan fingerprint density at radius 1 is 1.41 bits per heavy atom. The number of nitrogens with two attached hydrogens (primary N) is 1. The molecule has 3 heteroatoms. The molecule has 2 rings (SSSR count). The third-order valence-electron chi connectivity index (χ3n) is 3.50. The van der Waals surface area contributed by atoms with Crippen molar-refractivity contribution in [2.45, 2.75) is 33.2 Å². The van der Waals surface area contributed by atoms with Crippen LogP contribution in [-0.4, -0.2) is 13.1 Å². The number of hydrogen-bond acceptors (Lipinski definition) is 2. The second-order valence-electron chi connectivity index (χ2n) is 5.80. The molecule has 0 radical (unpaired) electrons. The van der Waals surface area contributed by atoms with Crippen molar-refractivity contribution in [1.82, 2.24) is 0 Å². The topological polar surface area (TPSA) is 29.3 Å². The summed E-state index contributed by atoms with van der Waals surface area (Å²) in [6.45, 7) is 8.15. The predicted octanol–water partition coefficient (Wildman–Crippen LogP) is 3.08. The van der Waals surface area contributed by atoms with Gasteiger partial charge in [-0.25, -0.2) is 4.39 Å². The highest BCUT2D eigenvalue weighted by molar-refractivity contribution is 5.57. The summed E-state index contributed by atoms with van der Waals surface area (Å²) in [7, 11) is 0. The molecule has 1 fully saturated rings. The molecule has 17 heavy (non-hydrogen) atoms. The lowest BCUT2D eigenvalue weighted by molar-refractivity contribution is 0.418. The van der Waals surface area contributed by atoms with E-state index in [1.807, 2.05) is 13.0 Å². The van der Waals surface area contributed by atoms with E-state index in [2.05, 4.69) is 18.7 Å². The first kappa shape index (κ1) is 12.4. The van der Waals surface area contributed by atoms with Gasteiger partial charge in [0.1, 0.15) is 5.82 Å². The highest BCUT2D eigenvalue weighted by atomic mass is 19.1. The van der Waals surface area contributed by atoms with Crippen LogP contribution in [0.4, 0.5) is 10.1 Å². The van der Waals surface area contributed by atoms with E-state index >= 15 is 0 Å². The molecule has 1 aliphatic heterocycles. The summed E-state index contributed by atoms with van der Waals surface area (Å²) in [5.41, 5.74) is 7.79. The van der Waals surface area contributed by atoms with Gasteiger partial charge in [0, 0.05) is 19.1 Å². The smallest absolute Gasteiger partial charge is 0.146 e. The average Bonchev–Trinajstić information content (AvgIpc) is 2.58. The Labute approximate surface area is 103 Å². The zero-order valence-corrected chi connectivity index (χ0v) is 10.8. The van der Waals surface area contributed by atoms with Gasteiger partial charge in [0.05, 0.1) is 5.69 Å². The first-order chi connectivity index (χ1) is 7.91. The second-order valence-corrected chi connectivity index (χ2v) is 5.80. The van der Waals surface area contributed by atoms with Crippen molar-refractivity contribution in [3.63, 3.8) is 0 Å². The SMILES string of the molecule is CC(N)c1cccc(F)c1N1CCC(C)(C)C1. The van der Waals surface area contributed by atoms with Crippen LogP contribution in [0.1, 0.15) is 38.8 Å². The highest BCUT2D eigenvalue weighted by Gasteiger charge is 2.31. The molecule has 2 nitrogen and oxygen atoms in total. The molecule has 1 aromatic rings. The fourth-order valence-corrected chi connectivity index (χ4v) is 2.54. The van der Waals surface area contributed by atoms with Gasteiger partial charge in [-0.05, 0) is 30.4 Å². The monoisotopic (exact) mass is 236 g/mol. The first-order valence-electron chi connectivity index (χ1n) is 6.20. The molecule has 94 valence electrons. The molecular weight excluding hydrogens is 215 g/mol. The molecule has 0 amide bonds. The van der Waals surface area contributed by atoms with Crippen molar-refractivity contribution in [2.75, 3.05) is 18.0 Å². The molecule has 0 aliphatic carbocycles. The molecule has 1 aromatic carbocycles. The van der Waals surface area contributed by atoms with E-state index in [-0.39, 0.29) is 17.3 Å². The zero-order valence-electron chi connectivity index (χ0n) is 10.8.